The van der Waals surface area contributed by atoms with Crippen LogP contribution in [0.3, 0.4) is 0 Å². The minimum Gasteiger partial charge on any atom is -0.446 e. The first-order valence-corrected chi connectivity index (χ1v) is 10.5. The molecule has 2 atom stereocenters. The van der Waals surface area contributed by atoms with Gasteiger partial charge in [0.15, 0.2) is 11.3 Å². The molecule has 0 bridgehead atoms. The van der Waals surface area contributed by atoms with E-state index in [0.717, 1.165) is 28.1 Å². The fourth-order valence-corrected chi connectivity index (χ4v) is 4.08. The van der Waals surface area contributed by atoms with Crippen LogP contribution >= 0.6 is 0 Å². The topological polar surface area (TPSA) is 98.9 Å². The molecular formula is C22H23F3N6O2. The average molecular weight is 460 g/mol. The lowest BCUT2D eigenvalue weighted by Crippen LogP contribution is -2.35. The second kappa shape index (κ2) is 9.16. The largest absolute Gasteiger partial charge is 0.446 e. The fraction of sp³-hybridized carbons (Fsp3) is 0.409. The lowest BCUT2D eigenvalue weighted by molar-refractivity contribution is -0.754. The van der Waals surface area contributed by atoms with Crippen LogP contribution in [-0.2, 0) is 6.54 Å². The zero-order chi connectivity index (χ0) is 23.6. The molecule has 0 radical (unpaired) electrons. The maximum Gasteiger partial charge on any atom is 0.391 e. The summed E-state index contributed by atoms with van der Waals surface area (Å²) in [5.41, 5.74) is 4.75. The predicted molar refractivity (Wildman–Crippen MR) is 111 cm³/mol. The molecule has 4 rings (SSSR count). The van der Waals surface area contributed by atoms with Crippen molar-refractivity contribution in [1.82, 2.24) is 20.6 Å². The van der Waals surface area contributed by atoms with Crippen LogP contribution in [0.15, 0.2) is 41.3 Å². The number of benzene rings is 1. The number of aromatic nitrogens is 4. The Balaban J connectivity index is 1.32. The summed E-state index contributed by atoms with van der Waals surface area (Å²) in [6.07, 6.45) is -1.10. The number of aryl methyl sites for hydroxylation is 2. The number of nitrogens with one attached hydrogen (secondary N) is 1. The number of nitrogens with zero attached hydrogens (tertiary/aromatic N) is 5. The Bertz CT molecular complexity index is 1110. The van der Waals surface area contributed by atoms with Crippen molar-refractivity contribution < 1.29 is 27.2 Å². The van der Waals surface area contributed by atoms with Gasteiger partial charge in [0, 0.05) is 22.5 Å². The van der Waals surface area contributed by atoms with Gasteiger partial charge in [-0.3, -0.25) is 4.79 Å². The zero-order valence-electron chi connectivity index (χ0n) is 18.1. The van der Waals surface area contributed by atoms with Gasteiger partial charge < -0.3 is 15.2 Å². The molecule has 3 aromatic rings. The molecule has 0 saturated heterocycles. The standard InChI is InChI=1S/C22H23F3N6O2/c1-13-20(14(2)27-12-26-13)16-5-3-15(4-6-16)10-31-11-19(33-30-31)29-21(32)28-18-8-7-17(9-18)22(23,24)25/h3-6,11-12,17-18H,7-10H2,1-2H3,(H-,28,29,30,32)/t17-,18-/m0/s1. The van der Waals surface area contributed by atoms with Gasteiger partial charge in [-0.2, -0.15) is 13.2 Å². The number of hydrogen-bond donors (Lipinski definition) is 1. The minimum atomic E-state index is -4.24. The third-order valence-corrected chi connectivity index (χ3v) is 5.75. The van der Waals surface area contributed by atoms with Crippen LogP contribution in [0.1, 0.15) is 36.2 Å². The van der Waals surface area contributed by atoms with Gasteiger partial charge >= 0.3 is 6.18 Å². The number of urea groups is 1. The third-order valence-electron chi connectivity index (χ3n) is 5.75. The summed E-state index contributed by atoms with van der Waals surface area (Å²) >= 11 is 0. The summed E-state index contributed by atoms with van der Waals surface area (Å²) in [6.45, 7) is 4.26. The van der Waals surface area contributed by atoms with Crippen molar-refractivity contribution in [2.75, 3.05) is 0 Å². The number of carbonyl (C=O) groups is 1. The average Bonchev–Trinajstić information content (AvgIpc) is 3.38. The van der Waals surface area contributed by atoms with E-state index in [1.807, 2.05) is 38.1 Å². The molecule has 11 heteroatoms. The molecule has 2 amide bonds. The molecule has 1 aliphatic rings. The summed E-state index contributed by atoms with van der Waals surface area (Å²) in [5, 5.41) is 10.1. The van der Waals surface area contributed by atoms with Gasteiger partial charge in [0.25, 0.3) is 0 Å². The summed E-state index contributed by atoms with van der Waals surface area (Å²) in [7, 11) is 0. The second-order valence-corrected chi connectivity index (χ2v) is 8.16. The Hall–Kier alpha value is -3.50. The highest BCUT2D eigenvalue weighted by Crippen LogP contribution is 2.39. The van der Waals surface area contributed by atoms with Crippen molar-refractivity contribution in [2.24, 2.45) is 5.92 Å². The maximum absolute atomic E-state index is 12.8. The van der Waals surface area contributed by atoms with E-state index in [1.165, 1.54) is 10.9 Å². The summed E-state index contributed by atoms with van der Waals surface area (Å²) in [4.78, 5) is 20.6. The smallest absolute Gasteiger partial charge is 0.391 e. The van der Waals surface area contributed by atoms with Gasteiger partial charge in [0.1, 0.15) is 6.33 Å². The van der Waals surface area contributed by atoms with Crippen LogP contribution in [-0.4, -0.2) is 33.5 Å². The van der Waals surface area contributed by atoms with Crippen LogP contribution in [0, 0.1) is 19.8 Å². The van der Waals surface area contributed by atoms with Gasteiger partial charge in [-0.1, -0.05) is 30.7 Å². The molecule has 2 aromatic heterocycles. The molecule has 0 spiro atoms. The summed E-state index contributed by atoms with van der Waals surface area (Å²) in [6, 6.07) is 6.55. The van der Waals surface area contributed by atoms with E-state index in [9.17, 15) is 18.0 Å². The number of rotatable bonds is 5. The van der Waals surface area contributed by atoms with Crippen molar-refractivity contribution in [3.8, 4) is 11.1 Å². The third kappa shape index (κ3) is 5.47. The second-order valence-electron chi connectivity index (χ2n) is 8.16. The van der Waals surface area contributed by atoms with Gasteiger partial charge in [-0.15, -0.1) is 0 Å². The predicted octanol–water partition coefficient (Wildman–Crippen LogP) is 4.53. The van der Waals surface area contributed by atoms with Crippen molar-refractivity contribution in [1.29, 1.82) is 0 Å². The fourth-order valence-electron chi connectivity index (χ4n) is 4.08. The Morgan fingerprint density at radius 3 is 2.52 bits per heavy atom. The molecule has 0 unspecified atom stereocenters. The van der Waals surface area contributed by atoms with Gasteiger partial charge in [-0.05, 0) is 43.0 Å². The molecule has 1 saturated carbocycles. The number of carbonyl (C=O) groups excluding carboxylic acids is 1. The van der Waals surface area contributed by atoms with Crippen LogP contribution < -0.4 is 10.00 Å². The van der Waals surface area contributed by atoms with Crippen LogP contribution in [0.4, 0.5) is 23.8 Å². The Kier molecular flexibility index (Phi) is 6.30. The Labute approximate surface area is 188 Å². The van der Waals surface area contributed by atoms with E-state index in [4.69, 9.17) is 4.52 Å². The molecule has 33 heavy (non-hydrogen) atoms. The number of alkyl halides is 3. The molecule has 1 aliphatic carbocycles. The first-order valence-electron chi connectivity index (χ1n) is 10.5. The van der Waals surface area contributed by atoms with Gasteiger partial charge in [-0.25, -0.2) is 9.97 Å². The first kappa shape index (κ1) is 22.7. The number of amides is 2. The van der Waals surface area contributed by atoms with E-state index in [0.29, 0.717) is 6.54 Å². The summed E-state index contributed by atoms with van der Waals surface area (Å²) in [5.74, 6) is -1.41. The minimum absolute atomic E-state index is 0.00593. The maximum atomic E-state index is 12.8. The van der Waals surface area contributed by atoms with E-state index in [-0.39, 0.29) is 25.1 Å². The molecule has 1 N–H and O–H groups in total. The SMILES string of the molecule is Cc1ncnc(C)c1-c1ccc(C[n+]2cc([N-]C(=O)N[C@H]3CC[C@H](C(F)(F)F)C3)on2)cc1. The van der Waals surface area contributed by atoms with Crippen molar-refractivity contribution in [3.63, 3.8) is 0 Å². The quantitative estimate of drug-likeness (QED) is 0.564. The molecule has 0 aliphatic heterocycles. The van der Waals surface area contributed by atoms with E-state index >= 15 is 0 Å². The molecule has 1 aromatic carbocycles. The van der Waals surface area contributed by atoms with Gasteiger partial charge in [0.2, 0.25) is 18.6 Å². The highest BCUT2D eigenvalue weighted by atomic mass is 19.4. The van der Waals surface area contributed by atoms with Crippen molar-refractivity contribution in [2.45, 2.75) is 51.9 Å². The van der Waals surface area contributed by atoms with E-state index in [1.54, 1.807) is 6.33 Å². The van der Waals surface area contributed by atoms with Crippen molar-refractivity contribution in [3.05, 3.63) is 59.1 Å². The molecule has 1 fully saturated rings. The molecule has 8 nitrogen and oxygen atoms in total. The first-order chi connectivity index (χ1) is 15.7. The highest BCUT2D eigenvalue weighted by Gasteiger charge is 2.43. The number of hydrogen-bond acceptors (Lipinski definition) is 5. The zero-order valence-corrected chi connectivity index (χ0v) is 18.1. The van der Waals surface area contributed by atoms with Crippen LogP contribution in [0.5, 0.6) is 0 Å². The normalized spacial score (nSPS) is 18.3. The van der Waals surface area contributed by atoms with Gasteiger partial charge in [0.05, 0.1) is 5.92 Å². The van der Waals surface area contributed by atoms with E-state index < -0.39 is 24.2 Å². The monoisotopic (exact) mass is 460 g/mol. The lowest BCUT2D eigenvalue weighted by atomic mass is 10.0. The molecular weight excluding hydrogens is 437 g/mol. The lowest BCUT2D eigenvalue weighted by Gasteiger charge is -2.20. The number of halogens is 3. The van der Waals surface area contributed by atoms with E-state index in [2.05, 4.69) is 25.9 Å². The van der Waals surface area contributed by atoms with Crippen LogP contribution in [0.2, 0.25) is 0 Å². The van der Waals surface area contributed by atoms with Crippen LogP contribution in [0.25, 0.3) is 16.4 Å². The summed E-state index contributed by atoms with van der Waals surface area (Å²) < 4.78 is 44.9. The van der Waals surface area contributed by atoms with Crippen molar-refractivity contribution >= 4 is 11.9 Å². The Morgan fingerprint density at radius 1 is 1.18 bits per heavy atom. The molecule has 174 valence electrons. The highest BCUT2D eigenvalue weighted by molar-refractivity contribution is 5.93. The Morgan fingerprint density at radius 2 is 1.88 bits per heavy atom. The molecule has 2 heterocycles.